The normalized spacial score (nSPS) is 31.8. The number of benzene rings is 1. The van der Waals surface area contributed by atoms with Crippen molar-refractivity contribution in [1.29, 1.82) is 0 Å². The maximum atomic E-state index is 13.2. The van der Waals surface area contributed by atoms with E-state index in [1.807, 2.05) is 18.7 Å². The Bertz CT molecular complexity index is 684. The van der Waals surface area contributed by atoms with Gasteiger partial charge in [0.05, 0.1) is 0 Å². The molecule has 2 amide bonds. The Hall–Kier alpha value is -1.84. The van der Waals surface area contributed by atoms with E-state index in [0.29, 0.717) is 13.1 Å². The van der Waals surface area contributed by atoms with Crippen LogP contribution >= 0.6 is 0 Å². The summed E-state index contributed by atoms with van der Waals surface area (Å²) in [5.74, 6) is 0.400. The van der Waals surface area contributed by atoms with E-state index in [1.165, 1.54) is 11.1 Å². The number of carbonyl (C=O) groups is 2. The van der Waals surface area contributed by atoms with Gasteiger partial charge in [0.15, 0.2) is 0 Å². The number of amides is 2. The average Bonchev–Trinajstić information content (AvgIpc) is 3.29. The molecular formula is C20H26N2O2. The number of aryl methyl sites for hydroxylation is 1. The number of hydrogen-bond acceptors (Lipinski definition) is 2. The van der Waals surface area contributed by atoms with E-state index < -0.39 is 0 Å². The van der Waals surface area contributed by atoms with Crippen molar-refractivity contribution in [3.63, 3.8) is 0 Å². The molecule has 128 valence electrons. The van der Waals surface area contributed by atoms with Gasteiger partial charge in [0, 0.05) is 24.4 Å². The summed E-state index contributed by atoms with van der Waals surface area (Å²) in [7, 11) is 0. The Kier molecular flexibility index (Phi) is 3.66. The molecule has 1 saturated carbocycles. The zero-order chi connectivity index (χ0) is 16.9. The largest absolute Gasteiger partial charge is 0.353 e. The summed E-state index contributed by atoms with van der Waals surface area (Å²) in [6.07, 6.45) is 4.34. The average molecular weight is 326 g/mol. The molecule has 4 nitrogen and oxygen atoms in total. The van der Waals surface area contributed by atoms with E-state index in [-0.39, 0.29) is 35.1 Å². The topological polar surface area (TPSA) is 49.4 Å². The van der Waals surface area contributed by atoms with Crippen LogP contribution in [0.3, 0.4) is 0 Å². The Morgan fingerprint density at radius 2 is 2.12 bits per heavy atom. The van der Waals surface area contributed by atoms with Gasteiger partial charge < -0.3 is 10.2 Å². The smallest absolute Gasteiger partial charge is 0.243 e. The van der Waals surface area contributed by atoms with E-state index in [9.17, 15) is 9.59 Å². The summed E-state index contributed by atoms with van der Waals surface area (Å²) in [6.45, 7) is 5.26. The Balaban J connectivity index is 1.60. The first-order valence-corrected chi connectivity index (χ1v) is 9.21. The highest BCUT2D eigenvalue weighted by Crippen LogP contribution is 2.61. The highest BCUT2D eigenvalue weighted by molar-refractivity contribution is 5.92. The molecule has 0 bridgehead atoms. The van der Waals surface area contributed by atoms with Crippen LogP contribution in [0.2, 0.25) is 0 Å². The third-order valence-electron chi connectivity index (χ3n) is 6.17. The standard InChI is InChI=1S/C20H26N2O2/c1-13(2)17-18(23)21-10-11-22(17)19(24)16-12-20(16)9-5-7-14-6-3-4-8-15(14)20/h3-4,6,8,13,16-17H,5,7,9-12H2,1-2H3,(H,21,23)/t16-,17-,20-/m1/s1. The van der Waals surface area contributed by atoms with Crippen LogP contribution in [0.15, 0.2) is 24.3 Å². The fraction of sp³-hybridized carbons (Fsp3) is 0.600. The second-order valence-electron chi connectivity index (χ2n) is 7.94. The van der Waals surface area contributed by atoms with Crippen LogP contribution in [0.25, 0.3) is 0 Å². The van der Waals surface area contributed by atoms with Crippen molar-refractivity contribution in [1.82, 2.24) is 10.2 Å². The van der Waals surface area contributed by atoms with Crippen molar-refractivity contribution < 1.29 is 9.59 Å². The van der Waals surface area contributed by atoms with Crippen molar-refractivity contribution >= 4 is 11.8 Å². The van der Waals surface area contributed by atoms with Crippen molar-refractivity contribution in [2.75, 3.05) is 13.1 Å². The molecule has 1 aromatic carbocycles. The number of carbonyl (C=O) groups excluding carboxylic acids is 2. The highest BCUT2D eigenvalue weighted by Gasteiger charge is 2.61. The van der Waals surface area contributed by atoms with Crippen LogP contribution in [-0.4, -0.2) is 35.8 Å². The van der Waals surface area contributed by atoms with Crippen LogP contribution in [0, 0.1) is 11.8 Å². The van der Waals surface area contributed by atoms with Gasteiger partial charge in [0.1, 0.15) is 6.04 Å². The summed E-state index contributed by atoms with van der Waals surface area (Å²) in [5.41, 5.74) is 2.84. The van der Waals surface area contributed by atoms with Crippen molar-refractivity contribution in [3.05, 3.63) is 35.4 Å². The van der Waals surface area contributed by atoms with E-state index in [2.05, 4.69) is 29.6 Å². The predicted molar refractivity (Wildman–Crippen MR) is 92.5 cm³/mol. The summed E-state index contributed by atoms with van der Waals surface area (Å²) in [4.78, 5) is 27.4. The lowest BCUT2D eigenvalue weighted by Crippen LogP contribution is -2.59. The van der Waals surface area contributed by atoms with E-state index in [1.54, 1.807) is 0 Å². The maximum Gasteiger partial charge on any atom is 0.243 e. The van der Waals surface area contributed by atoms with Crippen LogP contribution in [-0.2, 0) is 21.4 Å². The lowest BCUT2D eigenvalue weighted by molar-refractivity contribution is -0.146. The molecular weight excluding hydrogens is 300 g/mol. The number of hydrogen-bond donors (Lipinski definition) is 1. The van der Waals surface area contributed by atoms with Gasteiger partial charge in [-0.15, -0.1) is 0 Å². The van der Waals surface area contributed by atoms with Crippen LogP contribution in [0.1, 0.15) is 44.2 Å². The van der Waals surface area contributed by atoms with Gasteiger partial charge in [0.2, 0.25) is 11.8 Å². The molecule has 1 N–H and O–H groups in total. The molecule has 24 heavy (non-hydrogen) atoms. The third kappa shape index (κ3) is 2.27. The second-order valence-corrected chi connectivity index (χ2v) is 7.94. The molecule has 3 aliphatic rings. The molecule has 1 saturated heterocycles. The molecule has 2 fully saturated rings. The second kappa shape index (κ2) is 5.61. The Labute approximate surface area is 143 Å². The van der Waals surface area contributed by atoms with Gasteiger partial charge in [-0.25, -0.2) is 0 Å². The predicted octanol–water partition coefficient (Wildman–Crippen LogP) is 2.26. The molecule has 3 atom stereocenters. The first-order chi connectivity index (χ1) is 11.5. The molecule has 2 aliphatic carbocycles. The molecule has 4 rings (SSSR count). The van der Waals surface area contributed by atoms with Crippen LogP contribution in [0.5, 0.6) is 0 Å². The van der Waals surface area contributed by atoms with Crippen molar-refractivity contribution in [2.24, 2.45) is 11.8 Å². The molecule has 0 unspecified atom stereocenters. The molecule has 1 spiro atoms. The van der Waals surface area contributed by atoms with Crippen LogP contribution < -0.4 is 5.32 Å². The summed E-state index contributed by atoms with van der Waals surface area (Å²) in [5, 5.41) is 2.91. The SMILES string of the molecule is CC(C)[C@@H]1C(=O)NCCN1C(=O)[C@H]1C[C@@]12CCCc1ccccc12. The van der Waals surface area contributed by atoms with Crippen LogP contribution in [0.4, 0.5) is 0 Å². The van der Waals surface area contributed by atoms with Gasteiger partial charge in [-0.3, -0.25) is 9.59 Å². The molecule has 1 heterocycles. The van der Waals surface area contributed by atoms with Gasteiger partial charge >= 0.3 is 0 Å². The van der Waals surface area contributed by atoms with E-state index in [0.717, 1.165) is 25.7 Å². The first kappa shape index (κ1) is 15.7. The molecule has 0 radical (unpaired) electrons. The Morgan fingerprint density at radius 1 is 1.33 bits per heavy atom. The monoisotopic (exact) mass is 326 g/mol. The van der Waals surface area contributed by atoms with E-state index in [4.69, 9.17) is 0 Å². The fourth-order valence-electron chi connectivity index (χ4n) is 4.95. The van der Waals surface area contributed by atoms with Gasteiger partial charge in [-0.2, -0.15) is 0 Å². The molecule has 1 aliphatic heterocycles. The van der Waals surface area contributed by atoms with Gasteiger partial charge in [-0.05, 0) is 42.7 Å². The first-order valence-electron chi connectivity index (χ1n) is 9.21. The van der Waals surface area contributed by atoms with Crippen molar-refractivity contribution in [2.45, 2.75) is 51.0 Å². The lowest BCUT2D eigenvalue weighted by atomic mass is 9.78. The minimum absolute atomic E-state index is 0.00310. The molecule has 1 aromatic rings. The Morgan fingerprint density at radius 3 is 2.92 bits per heavy atom. The fourth-order valence-corrected chi connectivity index (χ4v) is 4.95. The summed E-state index contributed by atoms with van der Waals surface area (Å²) >= 11 is 0. The highest BCUT2D eigenvalue weighted by atomic mass is 16.2. The van der Waals surface area contributed by atoms with Gasteiger partial charge in [0.25, 0.3) is 0 Å². The molecule has 4 heteroatoms. The molecule has 0 aromatic heterocycles. The minimum atomic E-state index is -0.317. The summed E-state index contributed by atoms with van der Waals surface area (Å²) < 4.78 is 0. The maximum absolute atomic E-state index is 13.2. The number of nitrogens with zero attached hydrogens (tertiary/aromatic N) is 1. The number of rotatable bonds is 2. The van der Waals surface area contributed by atoms with Gasteiger partial charge in [-0.1, -0.05) is 38.1 Å². The zero-order valence-corrected chi connectivity index (χ0v) is 14.5. The van der Waals surface area contributed by atoms with Crippen molar-refractivity contribution in [3.8, 4) is 0 Å². The summed E-state index contributed by atoms with van der Waals surface area (Å²) in [6, 6.07) is 8.30. The number of fused-ring (bicyclic) bond motifs is 2. The number of nitrogens with one attached hydrogen (secondary N) is 1. The third-order valence-corrected chi connectivity index (χ3v) is 6.17. The quantitative estimate of drug-likeness (QED) is 0.906. The zero-order valence-electron chi connectivity index (χ0n) is 14.5. The minimum Gasteiger partial charge on any atom is -0.353 e. The lowest BCUT2D eigenvalue weighted by Gasteiger charge is -2.38. The van der Waals surface area contributed by atoms with E-state index >= 15 is 0 Å². The number of piperazine rings is 1.